The highest BCUT2D eigenvalue weighted by Crippen LogP contribution is 2.27. The molecule has 1 fully saturated rings. The fourth-order valence-corrected chi connectivity index (χ4v) is 1.58. The lowest BCUT2D eigenvalue weighted by Crippen LogP contribution is -2.31. The lowest BCUT2D eigenvalue weighted by molar-refractivity contribution is -0.119. The molecule has 1 aromatic rings. The smallest absolute Gasteiger partial charge is 0.239 e. The summed E-state index contributed by atoms with van der Waals surface area (Å²) in [4.78, 5) is 11.5. The average molecular weight is 252 g/mol. The third kappa shape index (κ3) is 3.61. The van der Waals surface area contributed by atoms with Crippen LogP contribution in [0.15, 0.2) is 18.2 Å². The molecular formula is C13H17FN2O2. The maximum atomic E-state index is 13.4. The van der Waals surface area contributed by atoms with E-state index in [4.69, 9.17) is 4.74 Å². The van der Waals surface area contributed by atoms with Crippen LogP contribution in [0.5, 0.6) is 5.75 Å². The molecule has 1 saturated carbocycles. The minimum absolute atomic E-state index is 0.0663. The SMILES string of the molecule is COc1ccc(F)c(NCC(=O)NCC2CC2)c1. The number of anilines is 1. The molecule has 0 saturated heterocycles. The first-order valence-electron chi connectivity index (χ1n) is 6.03. The van der Waals surface area contributed by atoms with Crippen molar-refractivity contribution in [2.75, 3.05) is 25.5 Å². The lowest BCUT2D eigenvalue weighted by Gasteiger charge is -2.09. The first-order chi connectivity index (χ1) is 8.69. The Labute approximate surface area is 106 Å². The number of halogens is 1. The van der Waals surface area contributed by atoms with E-state index in [-0.39, 0.29) is 18.1 Å². The summed E-state index contributed by atoms with van der Waals surface area (Å²) in [7, 11) is 1.51. The first kappa shape index (κ1) is 12.7. The fourth-order valence-electron chi connectivity index (χ4n) is 1.58. The molecule has 5 heteroatoms. The monoisotopic (exact) mass is 252 g/mol. The molecule has 1 aliphatic carbocycles. The van der Waals surface area contributed by atoms with E-state index in [1.807, 2.05) is 0 Å². The molecule has 1 amide bonds. The molecule has 0 atom stereocenters. The zero-order valence-electron chi connectivity index (χ0n) is 10.3. The summed E-state index contributed by atoms with van der Waals surface area (Å²) in [5.41, 5.74) is 0.274. The molecule has 0 spiro atoms. The zero-order chi connectivity index (χ0) is 13.0. The lowest BCUT2D eigenvalue weighted by atomic mass is 10.3. The van der Waals surface area contributed by atoms with E-state index in [0.717, 1.165) is 6.54 Å². The Morgan fingerprint density at radius 3 is 2.94 bits per heavy atom. The van der Waals surface area contributed by atoms with E-state index >= 15 is 0 Å². The Morgan fingerprint density at radius 1 is 1.50 bits per heavy atom. The number of nitrogens with one attached hydrogen (secondary N) is 2. The van der Waals surface area contributed by atoms with Crippen molar-refractivity contribution in [3.63, 3.8) is 0 Å². The number of carbonyl (C=O) groups is 1. The van der Waals surface area contributed by atoms with E-state index in [1.54, 1.807) is 0 Å². The largest absolute Gasteiger partial charge is 0.497 e. The van der Waals surface area contributed by atoms with Crippen molar-refractivity contribution in [1.29, 1.82) is 0 Å². The van der Waals surface area contributed by atoms with Gasteiger partial charge >= 0.3 is 0 Å². The summed E-state index contributed by atoms with van der Waals surface area (Å²) in [6.07, 6.45) is 2.39. The van der Waals surface area contributed by atoms with Gasteiger partial charge in [0.15, 0.2) is 0 Å². The van der Waals surface area contributed by atoms with Gasteiger partial charge in [-0.3, -0.25) is 4.79 Å². The van der Waals surface area contributed by atoms with E-state index in [0.29, 0.717) is 11.7 Å². The fraction of sp³-hybridized carbons (Fsp3) is 0.462. The van der Waals surface area contributed by atoms with Crippen LogP contribution in [0, 0.1) is 11.7 Å². The van der Waals surface area contributed by atoms with Crippen molar-refractivity contribution < 1.29 is 13.9 Å². The summed E-state index contributed by atoms with van der Waals surface area (Å²) in [6, 6.07) is 4.38. The molecule has 2 rings (SSSR count). The molecule has 4 nitrogen and oxygen atoms in total. The Bertz CT molecular complexity index is 433. The predicted molar refractivity (Wildman–Crippen MR) is 67.2 cm³/mol. The summed E-state index contributed by atoms with van der Waals surface area (Å²) < 4.78 is 18.4. The van der Waals surface area contributed by atoms with Crippen molar-refractivity contribution >= 4 is 11.6 Å². The van der Waals surface area contributed by atoms with Crippen molar-refractivity contribution in [2.24, 2.45) is 5.92 Å². The van der Waals surface area contributed by atoms with Gasteiger partial charge in [-0.25, -0.2) is 4.39 Å². The minimum atomic E-state index is -0.397. The Morgan fingerprint density at radius 2 is 2.28 bits per heavy atom. The topological polar surface area (TPSA) is 50.4 Å². The van der Waals surface area contributed by atoms with Gasteiger partial charge in [-0.15, -0.1) is 0 Å². The standard InChI is InChI=1S/C13H17FN2O2/c1-18-10-4-5-11(14)12(6-10)15-8-13(17)16-7-9-2-3-9/h4-6,9,15H,2-3,7-8H2,1H3,(H,16,17). The van der Waals surface area contributed by atoms with Crippen LogP contribution in [0.3, 0.4) is 0 Å². The summed E-state index contributed by atoms with van der Waals surface area (Å²) >= 11 is 0. The Kier molecular flexibility index (Phi) is 4.02. The minimum Gasteiger partial charge on any atom is -0.497 e. The van der Waals surface area contributed by atoms with Gasteiger partial charge < -0.3 is 15.4 Å². The molecule has 0 radical (unpaired) electrons. The Hall–Kier alpha value is -1.78. The van der Waals surface area contributed by atoms with Crippen LogP contribution < -0.4 is 15.4 Å². The van der Waals surface area contributed by atoms with Crippen molar-refractivity contribution in [2.45, 2.75) is 12.8 Å². The molecule has 98 valence electrons. The molecule has 0 bridgehead atoms. The van der Waals surface area contributed by atoms with Gasteiger partial charge in [0.25, 0.3) is 0 Å². The van der Waals surface area contributed by atoms with Gasteiger partial charge in [-0.2, -0.15) is 0 Å². The van der Waals surface area contributed by atoms with Crippen LogP contribution in [0.25, 0.3) is 0 Å². The van der Waals surface area contributed by atoms with Gasteiger partial charge in [-0.1, -0.05) is 0 Å². The molecular weight excluding hydrogens is 235 g/mol. The van der Waals surface area contributed by atoms with Crippen LogP contribution in [0.1, 0.15) is 12.8 Å². The average Bonchev–Trinajstić information content (AvgIpc) is 3.19. The number of benzene rings is 1. The molecule has 0 aliphatic heterocycles. The van der Waals surface area contributed by atoms with Crippen LogP contribution in [0.4, 0.5) is 10.1 Å². The molecule has 1 aliphatic rings. The highest BCUT2D eigenvalue weighted by atomic mass is 19.1. The summed E-state index contributed by atoms with van der Waals surface area (Å²) in [5, 5.41) is 5.57. The summed E-state index contributed by atoms with van der Waals surface area (Å²) in [5.74, 6) is 0.676. The zero-order valence-corrected chi connectivity index (χ0v) is 10.3. The van der Waals surface area contributed by atoms with Crippen molar-refractivity contribution in [3.8, 4) is 5.75 Å². The van der Waals surface area contributed by atoms with Crippen LogP contribution >= 0.6 is 0 Å². The highest BCUT2D eigenvalue weighted by molar-refractivity contribution is 5.80. The summed E-state index contributed by atoms with van der Waals surface area (Å²) in [6.45, 7) is 0.790. The molecule has 2 N–H and O–H groups in total. The quantitative estimate of drug-likeness (QED) is 0.811. The van der Waals surface area contributed by atoms with Gasteiger partial charge in [-0.05, 0) is 30.9 Å². The second-order valence-electron chi connectivity index (χ2n) is 4.45. The number of hydrogen-bond donors (Lipinski definition) is 2. The molecule has 0 aromatic heterocycles. The van der Waals surface area contributed by atoms with Crippen molar-refractivity contribution in [3.05, 3.63) is 24.0 Å². The Balaban J connectivity index is 1.82. The number of hydrogen-bond acceptors (Lipinski definition) is 3. The highest BCUT2D eigenvalue weighted by Gasteiger charge is 2.21. The molecule has 0 unspecified atom stereocenters. The van der Waals surface area contributed by atoms with E-state index in [9.17, 15) is 9.18 Å². The third-order valence-electron chi connectivity index (χ3n) is 2.90. The number of methoxy groups -OCH3 is 1. The van der Waals surface area contributed by atoms with Gasteiger partial charge in [0.2, 0.25) is 5.91 Å². The van der Waals surface area contributed by atoms with Crippen molar-refractivity contribution in [1.82, 2.24) is 5.32 Å². The van der Waals surface area contributed by atoms with E-state index < -0.39 is 5.82 Å². The van der Waals surface area contributed by atoms with E-state index in [2.05, 4.69) is 10.6 Å². The second kappa shape index (κ2) is 5.71. The normalized spacial score (nSPS) is 14.1. The molecule has 0 heterocycles. The number of carbonyl (C=O) groups excluding carboxylic acids is 1. The predicted octanol–water partition coefficient (Wildman–Crippen LogP) is 1.77. The maximum absolute atomic E-state index is 13.4. The van der Waals surface area contributed by atoms with Gasteiger partial charge in [0, 0.05) is 12.6 Å². The second-order valence-corrected chi connectivity index (χ2v) is 4.45. The third-order valence-corrected chi connectivity index (χ3v) is 2.90. The number of ether oxygens (including phenoxy) is 1. The van der Waals surface area contributed by atoms with Gasteiger partial charge in [0.1, 0.15) is 11.6 Å². The first-order valence-corrected chi connectivity index (χ1v) is 6.03. The molecule has 1 aromatic carbocycles. The van der Waals surface area contributed by atoms with Gasteiger partial charge in [0.05, 0.1) is 19.3 Å². The maximum Gasteiger partial charge on any atom is 0.239 e. The van der Waals surface area contributed by atoms with Crippen LogP contribution in [-0.2, 0) is 4.79 Å². The number of rotatable bonds is 6. The van der Waals surface area contributed by atoms with Crippen LogP contribution in [0.2, 0.25) is 0 Å². The number of amides is 1. The van der Waals surface area contributed by atoms with Crippen LogP contribution in [-0.4, -0.2) is 26.1 Å². The van der Waals surface area contributed by atoms with E-state index in [1.165, 1.54) is 38.2 Å². The molecule has 18 heavy (non-hydrogen) atoms.